The zero-order chi connectivity index (χ0) is 15.4. The first-order valence-corrected chi connectivity index (χ1v) is 7.18. The molecule has 2 N–H and O–H groups in total. The van der Waals surface area contributed by atoms with Crippen LogP contribution in [0.2, 0.25) is 0 Å². The highest BCUT2D eigenvalue weighted by Crippen LogP contribution is 2.31. The second-order valence-corrected chi connectivity index (χ2v) is 5.55. The highest BCUT2D eigenvalue weighted by Gasteiger charge is 2.33. The van der Waals surface area contributed by atoms with Crippen molar-refractivity contribution in [2.75, 3.05) is 13.7 Å². The molecule has 0 bridgehead atoms. The number of aryl methyl sites for hydroxylation is 1. The summed E-state index contributed by atoms with van der Waals surface area (Å²) >= 11 is 0. The molecule has 0 aromatic heterocycles. The maximum atomic E-state index is 12.3. The number of rotatable bonds is 5. The molecule has 2 rings (SSSR count). The van der Waals surface area contributed by atoms with Crippen molar-refractivity contribution < 1.29 is 19.4 Å². The molecule has 5 nitrogen and oxygen atoms in total. The lowest BCUT2D eigenvalue weighted by molar-refractivity contribution is -0.142. The third-order valence-corrected chi connectivity index (χ3v) is 4.10. The predicted octanol–water partition coefficient (Wildman–Crippen LogP) is 2.23. The fourth-order valence-electron chi connectivity index (χ4n) is 2.92. The summed E-state index contributed by atoms with van der Waals surface area (Å²) in [5, 5.41) is 12.0. The van der Waals surface area contributed by atoms with E-state index in [0.717, 1.165) is 18.4 Å². The van der Waals surface area contributed by atoms with Crippen molar-refractivity contribution in [3.05, 3.63) is 29.3 Å². The number of carboxylic acid groups (broad SMARTS) is 1. The first-order valence-electron chi connectivity index (χ1n) is 7.18. The van der Waals surface area contributed by atoms with Crippen LogP contribution in [-0.2, 0) is 4.79 Å². The highest BCUT2D eigenvalue weighted by atomic mass is 16.5. The lowest BCUT2D eigenvalue weighted by Gasteiger charge is -2.17. The van der Waals surface area contributed by atoms with Crippen molar-refractivity contribution in [1.82, 2.24) is 5.32 Å². The highest BCUT2D eigenvalue weighted by molar-refractivity contribution is 5.97. The molecule has 1 aromatic rings. The van der Waals surface area contributed by atoms with Crippen molar-refractivity contribution in [2.24, 2.45) is 11.8 Å². The number of hydrogen-bond donors (Lipinski definition) is 2. The van der Waals surface area contributed by atoms with Gasteiger partial charge in [-0.1, -0.05) is 18.1 Å². The molecule has 1 saturated carbocycles. The number of carboxylic acids is 1. The SMILES string of the molecule is COc1ccc(C)cc1C(=O)NCC1CCCC1C(=O)O. The van der Waals surface area contributed by atoms with Crippen LogP contribution in [-0.4, -0.2) is 30.6 Å². The van der Waals surface area contributed by atoms with E-state index in [0.29, 0.717) is 24.3 Å². The second kappa shape index (κ2) is 6.61. The molecular weight excluding hydrogens is 270 g/mol. The molecule has 1 aliphatic rings. The fraction of sp³-hybridized carbons (Fsp3) is 0.500. The summed E-state index contributed by atoms with van der Waals surface area (Å²) in [5.41, 5.74) is 1.47. The molecule has 1 fully saturated rings. The van der Waals surface area contributed by atoms with Gasteiger partial charge < -0.3 is 15.2 Å². The van der Waals surface area contributed by atoms with Crippen LogP contribution >= 0.6 is 0 Å². The van der Waals surface area contributed by atoms with Gasteiger partial charge in [0.1, 0.15) is 5.75 Å². The molecular formula is C16H21NO4. The summed E-state index contributed by atoms with van der Waals surface area (Å²) in [4.78, 5) is 23.4. The van der Waals surface area contributed by atoms with Gasteiger partial charge in [-0.05, 0) is 37.8 Å². The predicted molar refractivity (Wildman–Crippen MR) is 78.5 cm³/mol. The third-order valence-electron chi connectivity index (χ3n) is 4.10. The number of carbonyl (C=O) groups excluding carboxylic acids is 1. The van der Waals surface area contributed by atoms with E-state index in [9.17, 15) is 9.59 Å². The number of methoxy groups -OCH3 is 1. The molecule has 2 unspecified atom stereocenters. The van der Waals surface area contributed by atoms with Gasteiger partial charge in [-0.25, -0.2) is 0 Å². The molecule has 21 heavy (non-hydrogen) atoms. The van der Waals surface area contributed by atoms with Crippen LogP contribution in [0, 0.1) is 18.8 Å². The quantitative estimate of drug-likeness (QED) is 0.872. The molecule has 1 amide bonds. The van der Waals surface area contributed by atoms with Crippen molar-refractivity contribution in [3.8, 4) is 5.75 Å². The van der Waals surface area contributed by atoms with Crippen molar-refractivity contribution in [3.63, 3.8) is 0 Å². The third kappa shape index (κ3) is 3.54. The summed E-state index contributed by atoms with van der Waals surface area (Å²) in [6.07, 6.45) is 2.46. The van der Waals surface area contributed by atoms with Gasteiger partial charge in [0.15, 0.2) is 0 Å². The molecule has 0 radical (unpaired) electrons. The van der Waals surface area contributed by atoms with E-state index < -0.39 is 5.97 Å². The van der Waals surface area contributed by atoms with Crippen LogP contribution in [0.5, 0.6) is 5.75 Å². The minimum atomic E-state index is -0.764. The average Bonchev–Trinajstić information content (AvgIpc) is 2.93. The van der Waals surface area contributed by atoms with Gasteiger partial charge in [-0.2, -0.15) is 0 Å². The first kappa shape index (κ1) is 15.4. The van der Waals surface area contributed by atoms with Crippen molar-refractivity contribution in [2.45, 2.75) is 26.2 Å². The second-order valence-electron chi connectivity index (χ2n) is 5.55. The number of hydrogen-bond acceptors (Lipinski definition) is 3. The van der Waals surface area contributed by atoms with Gasteiger partial charge in [0.25, 0.3) is 5.91 Å². The Balaban J connectivity index is 2.02. The molecule has 0 heterocycles. The average molecular weight is 291 g/mol. The van der Waals surface area contributed by atoms with Gasteiger partial charge in [-0.15, -0.1) is 0 Å². The Kier molecular flexibility index (Phi) is 4.83. The summed E-state index contributed by atoms with van der Waals surface area (Å²) in [5.74, 6) is -0.780. The van der Waals surface area contributed by atoms with E-state index in [-0.39, 0.29) is 17.7 Å². The van der Waals surface area contributed by atoms with Gasteiger partial charge in [-0.3, -0.25) is 9.59 Å². The Bertz CT molecular complexity index is 541. The largest absolute Gasteiger partial charge is 0.496 e. The Labute approximate surface area is 124 Å². The number of benzene rings is 1. The minimum Gasteiger partial charge on any atom is -0.496 e. The maximum absolute atomic E-state index is 12.3. The van der Waals surface area contributed by atoms with Gasteiger partial charge in [0, 0.05) is 6.54 Å². The smallest absolute Gasteiger partial charge is 0.306 e. The fourth-order valence-corrected chi connectivity index (χ4v) is 2.92. The standard InChI is InChI=1S/C16H21NO4/c1-10-6-7-14(21-2)13(8-10)15(18)17-9-11-4-3-5-12(11)16(19)20/h6-8,11-12H,3-5,9H2,1-2H3,(H,17,18)(H,19,20). The van der Waals surface area contributed by atoms with E-state index in [1.807, 2.05) is 13.0 Å². The first-order chi connectivity index (χ1) is 10.0. The monoisotopic (exact) mass is 291 g/mol. The number of amides is 1. The Morgan fingerprint density at radius 2 is 2.14 bits per heavy atom. The molecule has 0 spiro atoms. The minimum absolute atomic E-state index is 0.0160. The maximum Gasteiger partial charge on any atom is 0.306 e. The van der Waals surface area contributed by atoms with Crippen molar-refractivity contribution >= 4 is 11.9 Å². The zero-order valence-electron chi connectivity index (χ0n) is 12.4. The number of nitrogens with one attached hydrogen (secondary N) is 1. The lowest BCUT2D eigenvalue weighted by Crippen LogP contribution is -2.33. The normalized spacial score (nSPS) is 21.0. The van der Waals surface area contributed by atoms with E-state index in [1.54, 1.807) is 12.1 Å². The van der Waals surface area contributed by atoms with Crippen molar-refractivity contribution in [1.29, 1.82) is 0 Å². The van der Waals surface area contributed by atoms with E-state index in [1.165, 1.54) is 7.11 Å². The molecule has 0 saturated heterocycles. The lowest BCUT2D eigenvalue weighted by atomic mass is 9.96. The number of carbonyl (C=O) groups is 2. The molecule has 1 aromatic carbocycles. The molecule has 5 heteroatoms. The van der Waals surface area contributed by atoms with Gasteiger partial charge in [0.2, 0.25) is 0 Å². The van der Waals surface area contributed by atoms with E-state index >= 15 is 0 Å². The molecule has 114 valence electrons. The van der Waals surface area contributed by atoms with Crippen LogP contribution in [0.4, 0.5) is 0 Å². The Morgan fingerprint density at radius 3 is 2.81 bits per heavy atom. The summed E-state index contributed by atoms with van der Waals surface area (Å²) in [6, 6.07) is 5.42. The zero-order valence-corrected chi connectivity index (χ0v) is 12.4. The summed E-state index contributed by atoms with van der Waals surface area (Å²) in [7, 11) is 1.53. The molecule has 0 aliphatic heterocycles. The van der Waals surface area contributed by atoms with Gasteiger partial charge >= 0.3 is 5.97 Å². The summed E-state index contributed by atoms with van der Waals surface area (Å²) in [6.45, 7) is 2.31. The Morgan fingerprint density at radius 1 is 1.38 bits per heavy atom. The van der Waals surface area contributed by atoms with Gasteiger partial charge in [0.05, 0.1) is 18.6 Å². The van der Waals surface area contributed by atoms with Crippen LogP contribution < -0.4 is 10.1 Å². The van der Waals surface area contributed by atoms with Crippen LogP contribution in [0.1, 0.15) is 35.2 Å². The number of ether oxygens (including phenoxy) is 1. The molecule has 1 aliphatic carbocycles. The van der Waals surface area contributed by atoms with Crippen LogP contribution in [0.25, 0.3) is 0 Å². The summed E-state index contributed by atoms with van der Waals surface area (Å²) < 4.78 is 5.20. The van der Waals surface area contributed by atoms with Crippen LogP contribution in [0.15, 0.2) is 18.2 Å². The van der Waals surface area contributed by atoms with Crippen LogP contribution in [0.3, 0.4) is 0 Å². The van der Waals surface area contributed by atoms with E-state index in [4.69, 9.17) is 9.84 Å². The number of aliphatic carboxylic acids is 1. The Hall–Kier alpha value is -2.04. The topological polar surface area (TPSA) is 75.6 Å². The van der Waals surface area contributed by atoms with E-state index in [2.05, 4.69) is 5.32 Å². The molecule has 2 atom stereocenters.